The summed E-state index contributed by atoms with van der Waals surface area (Å²) in [7, 11) is 0. The summed E-state index contributed by atoms with van der Waals surface area (Å²) in [5.74, 6) is 0.302. The molecule has 0 saturated carbocycles. The summed E-state index contributed by atoms with van der Waals surface area (Å²) in [5.41, 5.74) is 4.71. The summed E-state index contributed by atoms with van der Waals surface area (Å²) >= 11 is 6.17. The van der Waals surface area contributed by atoms with Crippen molar-refractivity contribution < 1.29 is 5.11 Å². The molecule has 0 amide bonds. The van der Waals surface area contributed by atoms with Crippen molar-refractivity contribution in [2.75, 3.05) is 6.54 Å². The fourth-order valence-corrected chi connectivity index (χ4v) is 4.03. The first-order chi connectivity index (χ1) is 12.6. The fraction of sp³-hybridized carbons (Fsp3) is 0.273. The molecular weight excluding hydrogens is 344 g/mol. The molecule has 1 atom stereocenters. The van der Waals surface area contributed by atoms with Gasteiger partial charge in [0.15, 0.2) is 0 Å². The second kappa shape index (κ2) is 7.18. The summed E-state index contributed by atoms with van der Waals surface area (Å²) in [6.07, 6.45) is 3.24. The highest BCUT2D eigenvalue weighted by molar-refractivity contribution is 6.30. The molecule has 2 aromatic carbocycles. The van der Waals surface area contributed by atoms with Crippen LogP contribution >= 0.6 is 11.6 Å². The van der Waals surface area contributed by atoms with E-state index in [1.807, 2.05) is 6.07 Å². The van der Waals surface area contributed by atoms with Crippen LogP contribution < -0.4 is 0 Å². The van der Waals surface area contributed by atoms with Crippen LogP contribution in [0, 0.1) is 6.92 Å². The normalized spacial score (nSPS) is 17.7. The Bertz CT molecular complexity index is 901. The van der Waals surface area contributed by atoms with Gasteiger partial charge in [-0.1, -0.05) is 41.4 Å². The van der Waals surface area contributed by atoms with Crippen LogP contribution in [0.4, 0.5) is 0 Å². The van der Waals surface area contributed by atoms with E-state index in [-0.39, 0.29) is 6.04 Å². The van der Waals surface area contributed by atoms with E-state index in [9.17, 15) is 5.11 Å². The maximum atomic E-state index is 10.3. The number of aryl methyl sites for hydroxylation is 2. The number of benzene rings is 2. The lowest BCUT2D eigenvalue weighted by molar-refractivity contribution is 0.218. The minimum Gasteiger partial charge on any atom is -0.508 e. The Hall–Kier alpha value is -2.23. The zero-order valence-corrected chi connectivity index (χ0v) is 15.7. The smallest absolute Gasteiger partial charge is 0.120 e. The number of aromatic hydroxyl groups is 1. The van der Waals surface area contributed by atoms with Gasteiger partial charge in [0.2, 0.25) is 0 Å². The molecule has 0 spiro atoms. The van der Waals surface area contributed by atoms with Crippen molar-refractivity contribution in [1.82, 2.24) is 9.47 Å². The molecule has 0 fully saturated rings. The molecule has 2 heterocycles. The largest absolute Gasteiger partial charge is 0.508 e. The van der Waals surface area contributed by atoms with Crippen LogP contribution in [0.3, 0.4) is 0 Å². The van der Waals surface area contributed by atoms with Gasteiger partial charge in [0.1, 0.15) is 5.75 Å². The average Bonchev–Trinajstić information content (AvgIpc) is 3.01. The number of nitrogens with zero attached hydrogens (tertiary/aromatic N) is 2. The van der Waals surface area contributed by atoms with Crippen LogP contribution in [0.25, 0.3) is 0 Å². The Labute approximate surface area is 159 Å². The maximum Gasteiger partial charge on any atom is 0.120 e. The first-order valence-corrected chi connectivity index (χ1v) is 9.42. The highest BCUT2D eigenvalue weighted by Crippen LogP contribution is 2.34. The number of halogens is 1. The van der Waals surface area contributed by atoms with Crippen molar-refractivity contribution in [2.24, 2.45) is 0 Å². The molecule has 1 aliphatic heterocycles. The van der Waals surface area contributed by atoms with Crippen LogP contribution in [0.1, 0.15) is 34.8 Å². The number of hydrogen-bond donors (Lipinski definition) is 1. The van der Waals surface area contributed by atoms with E-state index in [1.165, 1.54) is 16.8 Å². The predicted octanol–water partition coefficient (Wildman–Crippen LogP) is 5.15. The van der Waals surface area contributed by atoms with Crippen LogP contribution in [-0.4, -0.2) is 21.1 Å². The highest BCUT2D eigenvalue weighted by Gasteiger charge is 2.27. The fourth-order valence-electron chi connectivity index (χ4n) is 3.84. The second-order valence-electron chi connectivity index (χ2n) is 7.04. The van der Waals surface area contributed by atoms with E-state index in [2.05, 4.69) is 59.0 Å². The van der Waals surface area contributed by atoms with Gasteiger partial charge in [0.05, 0.1) is 6.04 Å². The van der Waals surface area contributed by atoms with Crippen LogP contribution in [0.2, 0.25) is 5.02 Å². The molecule has 0 aliphatic carbocycles. The Morgan fingerprint density at radius 3 is 2.69 bits per heavy atom. The molecule has 0 radical (unpaired) electrons. The number of hydrogen-bond acceptors (Lipinski definition) is 2. The Kier molecular flexibility index (Phi) is 4.75. The Morgan fingerprint density at radius 2 is 1.88 bits per heavy atom. The molecule has 1 N–H and O–H groups in total. The SMILES string of the molecule is Cc1ccc([C@H]2c3cccn3CCCN2Cc2cc(Cl)ccc2O)cc1. The predicted molar refractivity (Wildman–Crippen MR) is 106 cm³/mol. The molecule has 3 nitrogen and oxygen atoms in total. The lowest BCUT2D eigenvalue weighted by Gasteiger charge is -2.31. The first-order valence-electron chi connectivity index (χ1n) is 9.05. The molecule has 1 aromatic heterocycles. The summed E-state index contributed by atoms with van der Waals surface area (Å²) in [5, 5.41) is 10.9. The number of phenolic OH excluding ortho intramolecular Hbond substituents is 1. The van der Waals surface area contributed by atoms with Crippen molar-refractivity contribution in [3.63, 3.8) is 0 Å². The zero-order valence-electron chi connectivity index (χ0n) is 14.9. The minimum absolute atomic E-state index is 0.159. The van der Waals surface area contributed by atoms with Gasteiger partial charge in [-0.25, -0.2) is 0 Å². The minimum atomic E-state index is 0.159. The lowest BCUT2D eigenvalue weighted by atomic mass is 10.00. The molecule has 4 heteroatoms. The van der Waals surface area contributed by atoms with Crippen molar-refractivity contribution in [3.8, 4) is 5.75 Å². The van der Waals surface area contributed by atoms with E-state index in [4.69, 9.17) is 11.6 Å². The molecule has 4 rings (SSSR count). The van der Waals surface area contributed by atoms with E-state index in [1.54, 1.807) is 12.1 Å². The third kappa shape index (κ3) is 3.37. The lowest BCUT2D eigenvalue weighted by Crippen LogP contribution is -2.29. The van der Waals surface area contributed by atoms with Gasteiger partial charge >= 0.3 is 0 Å². The summed E-state index contributed by atoms with van der Waals surface area (Å²) in [6, 6.07) is 18.5. The van der Waals surface area contributed by atoms with Crippen LogP contribution in [-0.2, 0) is 13.1 Å². The number of aromatic nitrogens is 1. The van der Waals surface area contributed by atoms with Crippen molar-refractivity contribution in [1.29, 1.82) is 0 Å². The first kappa shape index (κ1) is 17.2. The van der Waals surface area contributed by atoms with E-state index < -0.39 is 0 Å². The quantitative estimate of drug-likeness (QED) is 0.694. The van der Waals surface area contributed by atoms with E-state index in [0.29, 0.717) is 17.3 Å². The summed E-state index contributed by atoms with van der Waals surface area (Å²) in [4.78, 5) is 2.44. The molecule has 0 saturated heterocycles. The van der Waals surface area contributed by atoms with Gasteiger partial charge in [-0.2, -0.15) is 0 Å². The Morgan fingerprint density at radius 1 is 1.08 bits per heavy atom. The number of phenols is 1. The number of fused-ring (bicyclic) bond motifs is 1. The highest BCUT2D eigenvalue weighted by atomic mass is 35.5. The third-order valence-corrected chi connectivity index (χ3v) is 5.40. The van der Waals surface area contributed by atoms with Gasteiger partial charge in [-0.05, 0) is 49.2 Å². The van der Waals surface area contributed by atoms with Crippen molar-refractivity contribution in [2.45, 2.75) is 32.5 Å². The van der Waals surface area contributed by atoms with Crippen molar-refractivity contribution in [3.05, 3.63) is 88.2 Å². The molecule has 0 bridgehead atoms. The van der Waals surface area contributed by atoms with Crippen molar-refractivity contribution >= 4 is 11.6 Å². The number of rotatable bonds is 3. The van der Waals surface area contributed by atoms with Gasteiger partial charge in [0.25, 0.3) is 0 Å². The second-order valence-corrected chi connectivity index (χ2v) is 7.47. The molecule has 1 aliphatic rings. The van der Waals surface area contributed by atoms with Gasteiger partial charge < -0.3 is 9.67 Å². The molecule has 134 valence electrons. The molecule has 0 unspecified atom stereocenters. The monoisotopic (exact) mass is 366 g/mol. The topological polar surface area (TPSA) is 28.4 Å². The maximum absolute atomic E-state index is 10.3. The third-order valence-electron chi connectivity index (χ3n) is 5.16. The van der Waals surface area contributed by atoms with Crippen LogP contribution in [0.15, 0.2) is 60.8 Å². The van der Waals surface area contributed by atoms with E-state index >= 15 is 0 Å². The Balaban J connectivity index is 1.75. The summed E-state index contributed by atoms with van der Waals surface area (Å²) < 4.78 is 2.35. The van der Waals surface area contributed by atoms with Gasteiger partial charge in [0, 0.05) is 42.1 Å². The molecule has 26 heavy (non-hydrogen) atoms. The van der Waals surface area contributed by atoms with Crippen LogP contribution in [0.5, 0.6) is 5.75 Å². The summed E-state index contributed by atoms with van der Waals surface area (Å²) in [6.45, 7) is 4.76. The van der Waals surface area contributed by atoms with Gasteiger partial charge in [-0.15, -0.1) is 0 Å². The van der Waals surface area contributed by atoms with E-state index in [0.717, 1.165) is 25.1 Å². The zero-order chi connectivity index (χ0) is 18.1. The average molecular weight is 367 g/mol. The standard InChI is InChI=1S/C22H23ClN2O/c1-16-5-7-17(8-6-16)22-20-4-2-11-24(20)12-3-13-25(22)15-18-14-19(23)9-10-21(18)26/h2,4-11,14,22,26H,3,12-13,15H2,1H3/t22-/m0/s1. The molecule has 3 aromatic rings. The van der Waals surface area contributed by atoms with Gasteiger partial charge in [-0.3, -0.25) is 4.90 Å². The molecular formula is C22H23ClN2O.